The molecule has 1 amide bonds. The molecule has 1 aliphatic heterocycles. The molecule has 0 N–H and O–H groups in total. The van der Waals surface area contributed by atoms with Crippen LogP contribution in [-0.2, 0) is 24.1 Å². The number of sulfone groups is 1. The lowest BCUT2D eigenvalue weighted by molar-refractivity contribution is -0.125. The summed E-state index contributed by atoms with van der Waals surface area (Å²) in [6.45, 7) is 0.537. The Morgan fingerprint density at radius 1 is 1.00 bits per heavy atom. The van der Waals surface area contributed by atoms with Crippen molar-refractivity contribution in [1.29, 1.82) is 0 Å². The predicted molar refractivity (Wildman–Crippen MR) is 129 cm³/mol. The summed E-state index contributed by atoms with van der Waals surface area (Å²) in [4.78, 5) is 15.0. The Balaban J connectivity index is 1.55. The number of hydrogen-bond acceptors (Lipinski definition) is 4. The molecule has 34 heavy (non-hydrogen) atoms. The summed E-state index contributed by atoms with van der Waals surface area (Å²) in [6, 6.07) is 10.7. The maximum atomic E-state index is 15.7. The van der Waals surface area contributed by atoms with Crippen LogP contribution in [0, 0.1) is 11.7 Å². The molecule has 0 aromatic heterocycles. The van der Waals surface area contributed by atoms with Gasteiger partial charge in [0.1, 0.15) is 10.6 Å². The topological polar surface area (TPSA) is 63.7 Å². The van der Waals surface area contributed by atoms with Crippen molar-refractivity contribution < 1.29 is 22.3 Å². The van der Waals surface area contributed by atoms with E-state index in [0.717, 1.165) is 38.5 Å². The van der Waals surface area contributed by atoms with Crippen LogP contribution in [-0.4, -0.2) is 33.6 Å². The molecular weight excluding hydrogens is 477 g/mol. The van der Waals surface area contributed by atoms with Crippen LogP contribution in [0.15, 0.2) is 47.4 Å². The summed E-state index contributed by atoms with van der Waals surface area (Å²) >= 11 is 5.98. The number of anilines is 1. The number of amides is 1. The van der Waals surface area contributed by atoms with Gasteiger partial charge >= 0.3 is 0 Å². The highest BCUT2D eigenvalue weighted by Crippen LogP contribution is 2.45. The molecule has 5 nitrogen and oxygen atoms in total. The van der Waals surface area contributed by atoms with Crippen molar-refractivity contribution in [2.75, 3.05) is 18.1 Å². The number of ether oxygens (including phenoxy) is 1. The fraction of sp³-hybridized carbons (Fsp3) is 0.500. The van der Waals surface area contributed by atoms with Crippen LogP contribution in [0.25, 0.3) is 0 Å². The molecule has 2 saturated carbocycles. The molecule has 3 aliphatic rings. The van der Waals surface area contributed by atoms with E-state index < -0.39 is 20.4 Å². The third kappa shape index (κ3) is 3.95. The molecule has 0 spiro atoms. The highest BCUT2D eigenvalue weighted by molar-refractivity contribution is 7.92. The largest absolute Gasteiger partial charge is 0.381 e. The number of nitrogens with zero attached hydrogens (tertiary/aromatic N) is 1. The maximum Gasteiger partial charge on any atom is 0.230 e. The third-order valence-corrected chi connectivity index (χ3v) is 10.6. The van der Waals surface area contributed by atoms with Gasteiger partial charge < -0.3 is 9.64 Å². The minimum atomic E-state index is -3.86. The lowest BCUT2D eigenvalue weighted by Gasteiger charge is -2.41. The van der Waals surface area contributed by atoms with Gasteiger partial charge in [-0.05, 0) is 86.9 Å². The van der Waals surface area contributed by atoms with Gasteiger partial charge in [0.2, 0.25) is 5.91 Å². The van der Waals surface area contributed by atoms with Gasteiger partial charge in [0.15, 0.2) is 9.84 Å². The summed E-state index contributed by atoms with van der Waals surface area (Å²) in [6.07, 6.45) is 5.95. The summed E-state index contributed by atoms with van der Waals surface area (Å²) in [5.74, 6) is -0.585. The minimum Gasteiger partial charge on any atom is -0.381 e. The van der Waals surface area contributed by atoms with E-state index in [4.69, 9.17) is 16.3 Å². The fourth-order valence-corrected chi connectivity index (χ4v) is 7.44. The van der Waals surface area contributed by atoms with Gasteiger partial charge in [0.05, 0.1) is 10.6 Å². The molecule has 2 aromatic carbocycles. The lowest BCUT2D eigenvalue weighted by Crippen LogP contribution is -2.49. The van der Waals surface area contributed by atoms with E-state index in [0.29, 0.717) is 10.6 Å². The van der Waals surface area contributed by atoms with Crippen LogP contribution in [0.5, 0.6) is 0 Å². The molecule has 1 heterocycles. The first-order valence-electron chi connectivity index (χ1n) is 12.0. The molecule has 0 radical (unpaired) electrons. The van der Waals surface area contributed by atoms with Crippen molar-refractivity contribution in [1.82, 2.24) is 0 Å². The minimum absolute atomic E-state index is 0.00262. The molecular formula is C26H29ClFNO4S. The summed E-state index contributed by atoms with van der Waals surface area (Å²) < 4.78 is 47.6. The monoisotopic (exact) mass is 505 g/mol. The summed E-state index contributed by atoms with van der Waals surface area (Å²) in [7, 11) is -3.86. The zero-order chi connectivity index (χ0) is 23.9. The number of rotatable bonds is 6. The molecule has 1 saturated heterocycles. The van der Waals surface area contributed by atoms with Crippen LogP contribution >= 0.6 is 11.6 Å². The van der Waals surface area contributed by atoms with Gasteiger partial charge in [-0.3, -0.25) is 4.79 Å². The average Bonchev–Trinajstić information content (AvgIpc) is 2.76. The predicted octanol–water partition coefficient (Wildman–Crippen LogP) is 5.64. The van der Waals surface area contributed by atoms with E-state index >= 15 is 4.39 Å². The summed E-state index contributed by atoms with van der Waals surface area (Å²) in [5.41, 5.74) is 0.660. The van der Waals surface area contributed by atoms with E-state index in [2.05, 4.69) is 0 Å². The van der Waals surface area contributed by atoms with Crippen molar-refractivity contribution in [2.24, 2.45) is 5.92 Å². The van der Waals surface area contributed by atoms with E-state index in [1.165, 1.54) is 18.2 Å². The molecule has 8 heteroatoms. The molecule has 182 valence electrons. The molecule has 0 bridgehead atoms. The Bertz CT molecular complexity index is 1170. The highest BCUT2D eigenvalue weighted by Gasteiger charge is 2.48. The Morgan fingerprint density at radius 3 is 2.18 bits per heavy atom. The third-order valence-electron chi connectivity index (χ3n) is 7.80. The van der Waals surface area contributed by atoms with Crippen molar-refractivity contribution in [3.8, 4) is 0 Å². The first kappa shape index (κ1) is 23.8. The highest BCUT2D eigenvalue weighted by atomic mass is 35.5. The quantitative estimate of drug-likeness (QED) is 0.509. The van der Waals surface area contributed by atoms with E-state index in [-0.39, 0.29) is 54.5 Å². The number of carbonyl (C=O) groups excluding carboxylic acids is 1. The number of carbonyl (C=O) groups is 1. The van der Waals surface area contributed by atoms with Crippen molar-refractivity contribution in [3.05, 3.63) is 58.9 Å². The first-order valence-corrected chi connectivity index (χ1v) is 13.9. The lowest BCUT2D eigenvalue weighted by atomic mass is 9.82. The smallest absolute Gasteiger partial charge is 0.230 e. The molecule has 2 aromatic rings. The zero-order valence-corrected chi connectivity index (χ0v) is 20.6. The molecule has 0 atom stereocenters. The Labute approximate surface area is 205 Å². The Hall–Kier alpha value is -1.96. The fourth-order valence-electron chi connectivity index (χ4n) is 5.23. The van der Waals surface area contributed by atoms with Crippen molar-refractivity contribution in [3.63, 3.8) is 0 Å². The number of benzene rings is 2. The van der Waals surface area contributed by atoms with Crippen molar-refractivity contribution >= 4 is 33.0 Å². The number of hydrogen-bond donors (Lipinski definition) is 0. The summed E-state index contributed by atoms with van der Waals surface area (Å²) in [5, 5.41) is 0.447. The average molecular weight is 506 g/mol. The zero-order valence-electron chi connectivity index (χ0n) is 19.0. The SMILES string of the molecule is O=C(C1CCC1)N(c1ccc(C2(S(=O)(=O)c3ccc(Cl)cc3)CCOCC2)cc1F)C1CCC1. The van der Waals surface area contributed by atoms with Crippen LogP contribution in [0.1, 0.15) is 56.9 Å². The standard InChI is InChI=1S/C26H29ClFNO4S/c27-20-8-10-22(11-9-20)34(31,32)26(13-15-33-16-14-26)19-7-12-24(23(28)17-19)29(21-5-2-6-21)25(30)18-3-1-4-18/h7-12,17-18,21H,1-6,13-16H2. The molecule has 3 fully saturated rings. The van der Waals surface area contributed by atoms with E-state index in [1.54, 1.807) is 29.2 Å². The van der Waals surface area contributed by atoms with Crippen LogP contribution in [0.3, 0.4) is 0 Å². The first-order chi connectivity index (χ1) is 16.3. The Morgan fingerprint density at radius 2 is 1.65 bits per heavy atom. The van der Waals surface area contributed by atoms with Gasteiger partial charge in [0.25, 0.3) is 0 Å². The van der Waals surface area contributed by atoms with Gasteiger partial charge in [-0.1, -0.05) is 24.1 Å². The molecule has 0 unspecified atom stereocenters. The number of halogens is 2. The maximum absolute atomic E-state index is 15.7. The van der Waals surface area contributed by atoms with Gasteiger partial charge in [-0.15, -0.1) is 0 Å². The molecule has 2 aliphatic carbocycles. The van der Waals surface area contributed by atoms with Crippen molar-refractivity contribution in [2.45, 2.75) is 67.1 Å². The van der Waals surface area contributed by atoms with E-state index in [1.807, 2.05) is 0 Å². The van der Waals surface area contributed by atoms with Crippen LogP contribution in [0.2, 0.25) is 5.02 Å². The second-order valence-electron chi connectivity index (χ2n) is 9.65. The second kappa shape index (κ2) is 9.25. The van der Waals surface area contributed by atoms with Gasteiger partial charge in [0, 0.05) is 30.2 Å². The van der Waals surface area contributed by atoms with Gasteiger partial charge in [-0.25, -0.2) is 12.8 Å². The normalized spacial score (nSPS) is 20.9. The van der Waals surface area contributed by atoms with Crippen LogP contribution in [0.4, 0.5) is 10.1 Å². The second-order valence-corrected chi connectivity index (χ2v) is 12.3. The van der Waals surface area contributed by atoms with E-state index in [9.17, 15) is 13.2 Å². The Kier molecular flexibility index (Phi) is 6.46. The van der Waals surface area contributed by atoms with Crippen LogP contribution < -0.4 is 4.90 Å². The van der Waals surface area contributed by atoms with Gasteiger partial charge in [-0.2, -0.15) is 0 Å². The molecule has 5 rings (SSSR count).